The van der Waals surface area contributed by atoms with Gasteiger partial charge >= 0.3 is 6.18 Å². The number of hydrogen-bond acceptors (Lipinski definition) is 2. The van der Waals surface area contributed by atoms with Gasteiger partial charge in [-0.25, -0.2) is 4.98 Å². The van der Waals surface area contributed by atoms with Crippen LogP contribution in [0.2, 0.25) is 5.02 Å². The van der Waals surface area contributed by atoms with Gasteiger partial charge in [0.05, 0.1) is 10.6 Å². The fraction of sp³-hybridized carbons (Fsp3) is 0.300. The second-order valence-electron chi connectivity index (χ2n) is 3.00. The van der Waals surface area contributed by atoms with Gasteiger partial charge in [-0.15, -0.1) is 0 Å². The number of alkyl halides is 3. The summed E-state index contributed by atoms with van der Waals surface area (Å²) in [4.78, 5) is 3.48. The largest absolute Gasteiger partial charge is 0.417 e. The Balaban J connectivity index is 3.07. The normalized spacial score (nSPS) is 12.9. The van der Waals surface area contributed by atoms with Gasteiger partial charge < -0.3 is 5.11 Å². The van der Waals surface area contributed by atoms with E-state index in [4.69, 9.17) is 16.7 Å². The molecule has 1 unspecified atom stereocenters. The van der Waals surface area contributed by atoms with Crippen LogP contribution in [-0.2, 0) is 6.18 Å². The fourth-order valence-electron chi connectivity index (χ4n) is 0.858. The molecule has 2 nitrogen and oxygen atoms in total. The molecule has 1 aromatic heterocycles. The van der Waals surface area contributed by atoms with Crippen molar-refractivity contribution in [2.45, 2.75) is 19.2 Å². The molecular formula is C10H7ClF3NO. The van der Waals surface area contributed by atoms with E-state index in [9.17, 15) is 13.2 Å². The Morgan fingerprint density at radius 2 is 2.12 bits per heavy atom. The van der Waals surface area contributed by atoms with Gasteiger partial charge in [0.2, 0.25) is 0 Å². The van der Waals surface area contributed by atoms with Gasteiger partial charge in [0.25, 0.3) is 0 Å². The number of hydrogen-bond donors (Lipinski definition) is 1. The third-order valence-corrected chi connectivity index (χ3v) is 1.86. The highest BCUT2D eigenvalue weighted by atomic mass is 35.5. The van der Waals surface area contributed by atoms with Crippen LogP contribution < -0.4 is 0 Å². The monoisotopic (exact) mass is 249 g/mol. The molecular weight excluding hydrogens is 243 g/mol. The average Bonchev–Trinajstić information content (AvgIpc) is 2.14. The number of pyridine rings is 1. The lowest BCUT2D eigenvalue weighted by molar-refractivity contribution is -0.137. The Labute approximate surface area is 95.1 Å². The zero-order valence-corrected chi connectivity index (χ0v) is 8.89. The molecule has 0 radical (unpaired) electrons. The van der Waals surface area contributed by atoms with Crippen LogP contribution in [0.1, 0.15) is 18.2 Å². The van der Waals surface area contributed by atoms with Crippen LogP contribution in [0.25, 0.3) is 0 Å². The number of aromatic nitrogens is 1. The summed E-state index contributed by atoms with van der Waals surface area (Å²) in [6.45, 7) is 1.42. The molecule has 0 bridgehead atoms. The lowest BCUT2D eigenvalue weighted by atomic mass is 10.2. The third-order valence-electron chi connectivity index (χ3n) is 1.57. The Bertz CT molecular complexity index is 446. The highest BCUT2D eigenvalue weighted by molar-refractivity contribution is 6.31. The van der Waals surface area contributed by atoms with Gasteiger partial charge in [-0.3, -0.25) is 0 Å². The molecule has 0 aliphatic rings. The standard InChI is InChI=1S/C10H7ClF3NO/c1-6(16)2-3-9-8(11)4-7(5-15-9)10(12,13)14/h4-6,16H,1H3. The molecule has 0 saturated heterocycles. The van der Waals surface area contributed by atoms with E-state index in [-0.39, 0.29) is 10.7 Å². The second kappa shape index (κ2) is 4.73. The molecule has 0 aromatic carbocycles. The fourth-order valence-corrected chi connectivity index (χ4v) is 1.07. The van der Waals surface area contributed by atoms with E-state index in [1.807, 2.05) is 0 Å². The van der Waals surface area contributed by atoms with Gasteiger partial charge in [0.15, 0.2) is 0 Å². The Hall–Kier alpha value is -1.25. The zero-order chi connectivity index (χ0) is 12.3. The van der Waals surface area contributed by atoms with E-state index in [0.29, 0.717) is 6.20 Å². The summed E-state index contributed by atoms with van der Waals surface area (Å²) < 4.78 is 36.7. The molecule has 1 aromatic rings. The molecule has 0 spiro atoms. The van der Waals surface area contributed by atoms with Crippen molar-refractivity contribution in [3.63, 3.8) is 0 Å². The number of rotatable bonds is 0. The van der Waals surface area contributed by atoms with Crippen molar-refractivity contribution in [3.05, 3.63) is 28.5 Å². The minimum absolute atomic E-state index is 0.00978. The molecule has 0 aliphatic carbocycles. The summed E-state index contributed by atoms with van der Waals surface area (Å²) in [7, 11) is 0. The summed E-state index contributed by atoms with van der Waals surface area (Å²) in [5.41, 5.74) is -0.921. The first-order valence-electron chi connectivity index (χ1n) is 4.23. The van der Waals surface area contributed by atoms with Crippen molar-refractivity contribution >= 4 is 11.6 Å². The van der Waals surface area contributed by atoms with E-state index >= 15 is 0 Å². The minimum Gasteiger partial charge on any atom is -0.381 e. The maximum atomic E-state index is 12.2. The van der Waals surface area contributed by atoms with Crippen LogP contribution in [0.4, 0.5) is 13.2 Å². The first-order valence-corrected chi connectivity index (χ1v) is 4.61. The van der Waals surface area contributed by atoms with Crippen LogP contribution in [0.15, 0.2) is 12.3 Å². The summed E-state index contributed by atoms with van der Waals surface area (Å²) in [5, 5.41) is 8.67. The molecule has 1 rings (SSSR count). The first kappa shape index (κ1) is 12.8. The van der Waals surface area contributed by atoms with E-state index in [0.717, 1.165) is 6.07 Å². The third kappa shape index (κ3) is 3.40. The van der Waals surface area contributed by atoms with Crippen molar-refractivity contribution in [3.8, 4) is 11.8 Å². The number of nitrogens with zero attached hydrogens (tertiary/aromatic N) is 1. The SMILES string of the molecule is CC(O)C#Cc1ncc(C(F)(F)F)cc1Cl. The molecule has 0 saturated carbocycles. The molecule has 1 N–H and O–H groups in total. The maximum absolute atomic E-state index is 12.2. The average molecular weight is 250 g/mol. The Morgan fingerprint density at radius 3 is 2.56 bits per heavy atom. The van der Waals surface area contributed by atoms with Crippen molar-refractivity contribution in [1.82, 2.24) is 4.98 Å². The number of aliphatic hydroxyl groups excluding tert-OH is 1. The summed E-state index contributed by atoms with van der Waals surface area (Å²) in [5.74, 6) is 4.72. The Kier molecular flexibility index (Phi) is 3.79. The molecule has 16 heavy (non-hydrogen) atoms. The molecule has 6 heteroatoms. The lowest BCUT2D eigenvalue weighted by Crippen LogP contribution is -2.06. The van der Waals surface area contributed by atoms with Crippen molar-refractivity contribution in [2.24, 2.45) is 0 Å². The van der Waals surface area contributed by atoms with Gasteiger partial charge in [0, 0.05) is 6.20 Å². The second-order valence-corrected chi connectivity index (χ2v) is 3.40. The highest BCUT2D eigenvalue weighted by Gasteiger charge is 2.31. The minimum atomic E-state index is -4.48. The molecule has 1 atom stereocenters. The maximum Gasteiger partial charge on any atom is 0.417 e. The molecule has 0 fully saturated rings. The zero-order valence-electron chi connectivity index (χ0n) is 8.14. The number of halogens is 4. The molecule has 86 valence electrons. The summed E-state index contributed by atoms with van der Waals surface area (Å²) >= 11 is 5.57. The quantitative estimate of drug-likeness (QED) is 0.717. The molecule has 0 amide bonds. The van der Waals surface area contributed by atoms with Crippen LogP contribution in [0, 0.1) is 11.8 Å². The predicted molar refractivity (Wildman–Crippen MR) is 52.8 cm³/mol. The van der Waals surface area contributed by atoms with E-state index in [1.54, 1.807) is 0 Å². The summed E-state index contributed by atoms with van der Waals surface area (Å²) in [6, 6.07) is 0.751. The Morgan fingerprint density at radius 1 is 1.50 bits per heavy atom. The van der Waals surface area contributed by atoms with Crippen molar-refractivity contribution in [2.75, 3.05) is 0 Å². The van der Waals surface area contributed by atoms with E-state index in [1.165, 1.54) is 6.92 Å². The van der Waals surface area contributed by atoms with Gasteiger partial charge in [-0.05, 0) is 18.9 Å². The highest BCUT2D eigenvalue weighted by Crippen LogP contribution is 2.30. The van der Waals surface area contributed by atoms with Gasteiger partial charge in [-0.1, -0.05) is 17.5 Å². The van der Waals surface area contributed by atoms with Crippen LogP contribution in [0.5, 0.6) is 0 Å². The van der Waals surface area contributed by atoms with Crippen molar-refractivity contribution in [1.29, 1.82) is 0 Å². The number of aliphatic hydroxyl groups is 1. The lowest BCUT2D eigenvalue weighted by Gasteiger charge is -2.06. The molecule has 1 heterocycles. The topological polar surface area (TPSA) is 33.1 Å². The van der Waals surface area contributed by atoms with Crippen molar-refractivity contribution < 1.29 is 18.3 Å². The van der Waals surface area contributed by atoms with E-state index in [2.05, 4.69) is 16.8 Å². The summed E-state index contributed by atoms with van der Waals surface area (Å²) in [6.07, 6.45) is -4.72. The van der Waals surface area contributed by atoms with E-state index < -0.39 is 17.8 Å². The smallest absolute Gasteiger partial charge is 0.381 e. The predicted octanol–water partition coefficient (Wildman–Crippen LogP) is 2.49. The molecule has 0 aliphatic heterocycles. The van der Waals surface area contributed by atoms with Gasteiger partial charge in [-0.2, -0.15) is 13.2 Å². The van der Waals surface area contributed by atoms with Crippen LogP contribution in [0.3, 0.4) is 0 Å². The van der Waals surface area contributed by atoms with Crippen LogP contribution in [-0.4, -0.2) is 16.2 Å². The first-order chi connectivity index (χ1) is 7.30. The van der Waals surface area contributed by atoms with Crippen LogP contribution >= 0.6 is 11.6 Å². The van der Waals surface area contributed by atoms with Gasteiger partial charge in [0.1, 0.15) is 11.8 Å².